The molecule has 1 aromatic heterocycles. The maximum Gasteiger partial charge on any atom is 0.345 e. The van der Waals surface area contributed by atoms with E-state index in [-0.39, 0.29) is 11.7 Å². The Kier molecular flexibility index (Phi) is 8.70. The minimum Gasteiger partial charge on any atom is -0.356 e. The smallest absolute Gasteiger partial charge is 0.345 e. The second-order valence-electron chi connectivity index (χ2n) is 7.91. The van der Waals surface area contributed by atoms with Gasteiger partial charge < -0.3 is 10.6 Å². The van der Waals surface area contributed by atoms with Crippen molar-refractivity contribution in [2.75, 3.05) is 33.2 Å². The molecule has 1 aromatic carbocycles. The van der Waals surface area contributed by atoms with E-state index in [0.717, 1.165) is 70.2 Å². The number of hydrogen-bond donors (Lipinski definition) is 2. The van der Waals surface area contributed by atoms with Gasteiger partial charge in [-0.3, -0.25) is 14.5 Å². The summed E-state index contributed by atoms with van der Waals surface area (Å²) in [5, 5.41) is 11.4. The van der Waals surface area contributed by atoms with Gasteiger partial charge in [-0.15, -0.1) is 0 Å². The number of likely N-dealkylation sites (N-methyl/N-ethyl adjacent to an activating group) is 1. The molecule has 170 valence electrons. The lowest BCUT2D eigenvalue weighted by Crippen LogP contribution is -2.43. The largest absolute Gasteiger partial charge is 0.356 e. The van der Waals surface area contributed by atoms with Crippen molar-refractivity contribution >= 4 is 5.96 Å². The lowest BCUT2D eigenvalue weighted by Gasteiger charge is -2.30. The molecule has 0 saturated heterocycles. The van der Waals surface area contributed by atoms with E-state index in [9.17, 15) is 4.79 Å². The maximum absolute atomic E-state index is 12.4. The maximum atomic E-state index is 12.4. The third-order valence-electron chi connectivity index (χ3n) is 5.99. The van der Waals surface area contributed by atoms with Crippen molar-refractivity contribution in [1.29, 1.82) is 0 Å². The number of rotatable bonds is 10. The average molecular weight is 428 g/mol. The van der Waals surface area contributed by atoms with Gasteiger partial charge >= 0.3 is 5.69 Å². The predicted molar refractivity (Wildman–Crippen MR) is 126 cm³/mol. The Bertz CT molecular complexity index is 883. The van der Waals surface area contributed by atoms with Crippen LogP contribution in [0.1, 0.15) is 50.5 Å². The summed E-state index contributed by atoms with van der Waals surface area (Å²) in [5.41, 5.74) is 1.33. The van der Waals surface area contributed by atoms with Crippen molar-refractivity contribution in [3.63, 3.8) is 0 Å². The Morgan fingerprint density at radius 2 is 1.97 bits per heavy atom. The van der Waals surface area contributed by atoms with Crippen LogP contribution in [0.3, 0.4) is 0 Å². The summed E-state index contributed by atoms with van der Waals surface area (Å²) >= 11 is 0. The highest BCUT2D eigenvalue weighted by Gasteiger charge is 2.18. The molecular weight excluding hydrogens is 390 g/mol. The SMILES string of the molecule is CCN(CC)C(CNC(=NC)NCCCn1nc2n(c1=O)CCCC2)c1ccccc1. The van der Waals surface area contributed by atoms with Gasteiger partial charge in [-0.1, -0.05) is 44.2 Å². The van der Waals surface area contributed by atoms with Crippen LogP contribution in [0.15, 0.2) is 40.1 Å². The quantitative estimate of drug-likeness (QED) is 0.345. The van der Waals surface area contributed by atoms with E-state index >= 15 is 0 Å². The van der Waals surface area contributed by atoms with E-state index in [4.69, 9.17) is 0 Å². The van der Waals surface area contributed by atoms with Crippen molar-refractivity contribution in [2.24, 2.45) is 4.99 Å². The second-order valence-corrected chi connectivity index (χ2v) is 7.91. The molecule has 0 amide bonds. The number of nitrogens with zero attached hydrogens (tertiary/aromatic N) is 5. The topological polar surface area (TPSA) is 79.5 Å². The lowest BCUT2D eigenvalue weighted by molar-refractivity contribution is 0.219. The van der Waals surface area contributed by atoms with Gasteiger partial charge in [-0.05, 0) is 37.9 Å². The minimum atomic E-state index is 0.0298. The molecule has 1 aliphatic heterocycles. The van der Waals surface area contributed by atoms with Gasteiger partial charge in [-0.2, -0.15) is 5.10 Å². The molecule has 1 aliphatic rings. The normalized spacial score (nSPS) is 15.0. The number of nitrogens with one attached hydrogen (secondary N) is 2. The Morgan fingerprint density at radius 1 is 1.19 bits per heavy atom. The van der Waals surface area contributed by atoms with E-state index < -0.39 is 0 Å². The van der Waals surface area contributed by atoms with Crippen LogP contribution < -0.4 is 16.3 Å². The molecule has 8 nitrogen and oxygen atoms in total. The molecule has 3 rings (SSSR count). The number of hydrogen-bond acceptors (Lipinski definition) is 4. The molecule has 0 aliphatic carbocycles. The molecule has 8 heteroatoms. The van der Waals surface area contributed by atoms with Crippen molar-refractivity contribution in [3.05, 3.63) is 52.2 Å². The number of benzene rings is 1. The standard InChI is InChI=1S/C23H37N7O/c1-4-28(5-2)20(19-12-7-6-8-13-19)18-26-22(24-3)25-15-11-17-30-23(31)29-16-10-9-14-21(29)27-30/h6-8,12-13,20H,4-5,9-11,14-18H2,1-3H3,(H2,24,25,26). The second kappa shape index (κ2) is 11.7. The van der Waals surface area contributed by atoms with Crippen molar-refractivity contribution < 1.29 is 0 Å². The van der Waals surface area contributed by atoms with Crippen LogP contribution in [0.4, 0.5) is 0 Å². The van der Waals surface area contributed by atoms with Crippen molar-refractivity contribution in [3.8, 4) is 0 Å². The van der Waals surface area contributed by atoms with Gasteiger partial charge in [0.05, 0.1) is 6.04 Å². The minimum absolute atomic E-state index is 0.0298. The fourth-order valence-electron chi connectivity index (χ4n) is 4.24. The number of aliphatic imine (C=N–C) groups is 1. The summed E-state index contributed by atoms with van der Waals surface area (Å²) in [6.45, 7) is 9.31. The highest BCUT2D eigenvalue weighted by atomic mass is 16.2. The summed E-state index contributed by atoms with van der Waals surface area (Å²) in [6.07, 6.45) is 3.92. The van der Waals surface area contributed by atoms with Crippen LogP contribution in [0, 0.1) is 0 Å². The third kappa shape index (κ3) is 5.97. The zero-order valence-corrected chi connectivity index (χ0v) is 19.2. The molecule has 2 N–H and O–H groups in total. The fraction of sp³-hybridized carbons (Fsp3) is 0.609. The molecule has 0 radical (unpaired) electrons. The molecule has 0 fully saturated rings. The molecule has 1 atom stereocenters. The first-order valence-corrected chi connectivity index (χ1v) is 11.6. The Hall–Kier alpha value is -2.61. The first kappa shape index (κ1) is 23.1. The molecule has 0 bridgehead atoms. The molecule has 2 heterocycles. The molecule has 0 spiro atoms. The summed E-state index contributed by atoms with van der Waals surface area (Å²) in [6, 6.07) is 10.9. The van der Waals surface area contributed by atoms with Crippen LogP contribution in [0.2, 0.25) is 0 Å². The summed E-state index contributed by atoms with van der Waals surface area (Å²) in [5.74, 6) is 1.72. The lowest BCUT2D eigenvalue weighted by atomic mass is 10.1. The van der Waals surface area contributed by atoms with E-state index in [1.807, 2.05) is 4.57 Å². The monoisotopic (exact) mass is 427 g/mol. The van der Waals surface area contributed by atoms with Crippen LogP contribution in [-0.4, -0.2) is 58.4 Å². The zero-order chi connectivity index (χ0) is 22.1. The third-order valence-corrected chi connectivity index (χ3v) is 5.99. The fourth-order valence-corrected chi connectivity index (χ4v) is 4.24. The van der Waals surface area contributed by atoms with Crippen molar-refractivity contribution in [1.82, 2.24) is 29.9 Å². The van der Waals surface area contributed by atoms with Gasteiger partial charge in [0.2, 0.25) is 0 Å². The summed E-state index contributed by atoms with van der Waals surface area (Å²) < 4.78 is 3.44. The Balaban J connectivity index is 1.50. The molecule has 31 heavy (non-hydrogen) atoms. The zero-order valence-electron chi connectivity index (χ0n) is 19.2. The first-order valence-electron chi connectivity index (χ1n) is 11.6. The van der Waals surface area contributed by atoms with Crippen LogP contribution in [0.5, 0.6) is 0 Å². The van der Waals surface area contributed by atoms with Gasteiger partial charge in [0, 0.05) is 39.6 Å². The molecule has 2 aromatic rings. The summed E-state index contributed by atoms with van der Waals surface area (Å²) in [7, 11) is 1.79. The van der Waals surface area contributed by atoms with Crippen LogP contribution in [0.25, 0.3) is 0 Å². The van der Waals surface area contributed by atoms with E-state index in [1.165, 1.54) is 5.56 Å². The highest BCUT2D eigenvalue weighted by molar-refractivity contribution is 5.79. The highest BCUT2D eigenvalue weighted by Crippen LogP contribution is 2.19. The number of aryl methyl sites for hydroxylation is 2. The number of aromatic nitrogens is 3. The van der Waals surface area contributed by atoms with Crippen molar-refractivity contribution in [2.45, 2.75) is 58.7 Å². The number of guanidine groups is 1. The predicted octanol–water partition coefficient (Wildman–Crippen LogP) is 2.02. The van der Waals surface area contributed by atoms with E-state index in [2.05, 4.69) is 69.8 Å². The molecule has 1 unspecified atom stereocenters. The first-order chi connectivity index (χ1) is 15.2. The average Bonchev–Trinajstić information content (AvgIpc) is 3.14. The van der Waals surface area contributed by atoms with Crippen LogP contribution >= 0.6 is 0 Å². The van der Waals surface area contributed by atoms with Gasteiger partial charge in [-0.25, -0.2) is 9.48 Å². The summed E-state index contributed by atoms with van der Waals surface area (Å²) in [4.78, 5) is 19.2. The molecule has 0 saturated carbocycles. The van der Waals surface area contributed by atoms with Gasteiger partial charge in [0.1, 0.15) is 5.82 Å². The van der Waals surface area contributed by atoms with Gasteiger partial charge in [0.25, 0.3) is 0 Å². The molecular formula is C23H37N7O. The van der Waals surface area contributed by atoms with Crippen LogP contribution in [-0.2, 0) is 19.5 Å². The number of fused-ring (bicyclic) bond motifs is 1. The van der Waals surface area contributed by atoms with Gasteiger partial charge in [0.15, 0.2) is 5.96 Å². The van der Waals surface area contributed by atoms with E-state index in [1.54, 1.807) is 11.7 Å². The van der Waals surface area contributed by atoms with E-state index in [0.29, 0.717) is 6.54 Å². The Labute approximate surface area is 185 Å². The Morgan fingerprint density at radius 3 is 2.65 bits per heavy atom.